The van der Waals surface area contributed by atoms with E-state index in [2.05, 4.69) is 15.2 Å². The van der Waals surface area contributed by atoms with E-state index in [4.69, 9.17) is 0 Å². The number of aromatic nitrogens is 1. The van der Waals surface area contributed by atoms with Gasteiger partial charge in [-0.15, -0.1) is 0 Å². The predicted octanol–water partition coefficient (Wildman–Crippen LogP) is 2.19. The zero-order chi connectivity index (χ0) is 15.3. The fourth-order valence-corrected chi connectivity index (χ4v) is 2.44. The lowest BCUT2D eigenvalue weighted by Gasteiger charge is -2.34. The maximum absolute atomic E-state index is 12.3. The van der Waals surface area contributed by atoms with Crippen LogP contribution in [-0.2, 0) is 6.54 Å². The van der Waals surface area contributed by atoms with Gasteiger partial charge in [-0.1, -0.05) is 6.07 Å². The van der Waals surface area contributed by atoms with Crippen molar-refractivity contribution in [1.82, 2.24) is 14.8 Å². The molecule has 0 aliphatic carbocycles. The van der Waals surface area contributed by atoms with Crippen LogP contribution in [0.1, 0.15) is 12.6 Å². The van der Waals surface area contributed by atoms with Gasteiger partial charge < -0.3 is 5.32 Å². The summed E-state index contributed by atoms with van der Waals surface area (Å²) < 4.78 is 37.0. The van der Waals surface area contributed by atoms with Crippen molar-refractivity contribution < 1.29 is 13.2 Å². The number of alkyl halides is 3. The molecule has 0 radical (unpaired) electrons. The first kappa shape index (κ1) is 16.0. The number of halogens is 3. The molecule has 1 aromatic heterocycles. The van der Waals surface area contributed by atoms with E-state index in [0.29, 0.717) is 32.7 Å². The first-order valence-electron chi connectivity index (χ1n) is 7.17. The highest BCUT2D eigenvalue weighted by Gasteiger charge is 2.32. The summed E-state index contributed by atoms with van der Waals surface area (Å²) in [5.74, 6) is 0.839. The highest BCUT2D eigenvalue weighted by Crippen LogP contribution is 2.18. The molecule has 21 heavy (non-hydrogen) atoms. The lowest BCUT2D eigenvalue weighted by molar-refractivity contribution is -0.149. The molecule has 1 fully saturated rings. The monoisotopic (exact) mass is 302 g/mol. The van der Waals surface area contributed by atoms with Gasteiger partial charge in [-0.3, -0.25) is 9.80 Å². The summed E-state index contributed by atoms with van der Waals surface area (Å²) >= 11 is 0. The van der Waals surface area contributed by atoms with Gasteiger partial charge in [0.05, 0.1) is 12.2 Å². The molecule has 0 aromatic carbocycles. The number of piperazine rings is 1. The van der Waals surface area contributed by atoms with Crippen molar-refractivity contribution in [2.75, 3.05) is 44.6 Å². The second kappa shape index (κ2) is 7.09. The summed E-state index contributed by atoms with van der Waals surface area (Å²) in [5.41, 5.74) is 0.942. The highest BCUT2D eigenvalue weighted by atomic mass is 19.4. The zero-order valence-corrected chi connectivity index (χ0v) is 12.2. The molecule has 0 unspecified atom stereocenters. The van der Waals surface area contributed by atoms with Gasteiger partial charge >= 0.3 is 6.18 Å². The van der Waals surface area contributed by atoms with Crippen LogP contribution in [0.15, 0.2) is 18.2 Å². The van der Waals surface area contributed by atoms with Crippen molar-refractivity contribution in [3.8, 4) is 0 Å². The van der Waals surface area contributed by atoms with Crippen molar-refractivity contribution in [3.63, 3.8) is 0 Å². The number of anilines is 1. The summed E-state index contributed by atoms with van der Waals surface area (Å²) in [4.78, 5) is 8.09. The Morgan fingerprint density at radius 2 is 1.81 bits per heavy atom. The first-order chi connectivity index (χ1) is 9.96. The van der Waals surface area contributed by atoms with E-state index >= 15 is 0 Å². The third-order valence-electron chi connectivity index (χ3n) is 3.42. The maximum Gasteiger partial charge on any atom is 0.401 e. The average Bonchev–Trinajstić information content (AvgIpc) is 2.40. The molecule has 118 valence electrons. The van der Waals surface area contributed by atoms with Gasteiger partial charge in [-0.25, -0.2) is 4.98 Å². The number of nitrogens with one attached hydrogen (secondary N) is 1. The average molecular weight is 302 g/mol. The van der Waals surface area contributed by atoms with E-state index in [0.717, 1.165) is 18.1 Å². The van der Waals surface area contributed by atoms with Gasteiger partial charge in [-0.05, 0) is 19.1 Å². The fraction of sp³-hybridized carbons (Fsp3) is 0.643. The molecule has 2 rings (SSSR count). The molecule has 0 bridgehead atoms. The minimum Gasteiger partial charge on any atom is -0.370 e. The number of rotatable bonds is 5. The molecule has 7 heteroatoms. The van der Waals surface area contributed by atoms with E-state index < -0.39 is 12.7 Å². The van der Waals surface area contributed by atoms with Crippen molar-refractivity contribution in [3.05, 3.63) is 23.9 Å². The molecule has 1 saturated heterocycles. The van der Waals surface area contributed by atoms with E-state index in [1.165, 1.54) is 4.90 Å². The Bertz CT molecular complexity index is 442. The molecule has 2 heterocycles. The molecule has 0 amide bonds. The van der Waals surface area contributed by atoms with Crippen LogP contribution in [0.5, 0.6) is 0 Å². The minimum absolute atomic E-state index is 0.451. The Kier molecular flexibility index (Phi) is 5.41. The Labute approximate surface area is 122 Å². The molecular weight excluding hydrogens is 281 g/mol. The zero-order valence-electron chi connectivity index (χ0n) is 12.2. The first-order valence-corrected chi connectivity index (χ1v) is 7.17. The molecule has 0 spiro atoms. The largest absolute Gasteiger partial charge is 0.401 e. The van der Waals surface area contributed by atoms with Crippen LogP contribution in [0.2, 0.25) is 0 Å². The molecule has 0 saturated carbocycles. The number of nitrogens with zero attached hydrogens (tertiary/aromatic N) is 3. The number of pyridine rings is 1. The quantitative estimate of drug-likeness (QED) is 0.903. The Morgan fingerprint density at radius 1 is 1.14 bits per heavy atom. The van der Waals surface area contributed by atoms with Crippen LogP contribution >= 0.6 is 0 Å². The fourth-order valence-electron chi connectivity index (χ4n) is 2.44. The molecule has 1 aliphatic rings. The van der Waals surface area contributed by atoms with Gasteiger partial charge in [0.15, 0.2) is 0 Å². The molecule has 4 nitrogen and oxygen atoms in total. The van der Waals surface area contributed by atoms with Crippen LogP contribution in [0.3, 0.4) is 0 Å². The summed E-state index contributed by atoms with van der Waals surface area (Å²) in [5, 5.41) is 3.16. The van der Waals surface area contributed by atoms with Gasteiger partial charge in [0.1, 0.15) is 5.82 Å². The van der Waals surface area contributed by atoms with Crippen molar-refractivity contribution >= 4 is 5.82 Å². The van der Waals surface area contributed by atoms with Gasteiger partial charge in [-0.2, -0.15) is 13.2 Å². The number of hydrogen-bond donors (Lipinski definition) is 1. The SMILES string of the molecule is CCNc1cccc(CN2CCN(CC(F)(F)F)CC2)n1. The molecule has 0 atom stereocenters. The van der Waals surface area contributed by atoms with Gasteiger partial charge in [0.2, 0.25) is 0 Å². The summed E-state index contributed by atoms with van der Waals surface area (Å²) in [6, 6.07) is 5.80. The summed E-state index contributed by atoms with van der Waals surface area (Å²) in [7, 11) is 0. The van der Waals surface area contributed by atoms with Crippen LogP contribution in [0.4, 0.5) is 19.0 Å². The standard InChI is InChI=1S/C14H21F3N4/c1-2-18-13-5-3-4-12(19-13)10-20-6-8-21(9-7-20)11-14(15,16)17/h3-5H,2,6-11H2,1H3,(H,18,19). The number of hydrogen-bond acceptors (Lipinski definition) is 4. The van der Waals surface area contributed by atoms with E-state index in [1.54, 1.807) is 0 Å². The van der Waals surface area contributed by atoms with Crippen LogP contribution in [0, 0.1) is 0 Å². The lowest BCUT2D eigenvalue weighted by Crippen LogP contribution is -2.48. The van der Waals surface area contributed by atoms with Crippen LogP contribution in [-0.4, -0.2) is 60.2 Å². The third kappa shape index (κ3) is 5.51. The highest BCUT2D eigenvalue weighted by molar-refractivity contribution is 5.34. The molecular formula is C14H21F3N4. The smallest absolute Gasteiger partial charge is 0.370 e. The van der Waals surface area contributed by atoms with E-state index in [1.807, 2.05) is 25.1 Å². The second-order valence-electron chi connectivity index (χ2n) is 5.21. The molecule has 1 aromatic rings. The Morgan fingerprint density at radius 3 is 2.43 bits per heavy atom. The third-order valence-corrected chi connectivity index (χ3v) is 3.42. The molecule has 1 aliphatic heterocycles. The predicted molar refractivity (Wildman–Crippen MR) is 76.2 cm³/mol. The van der Waals surface area contributed by atoms with Crippen molar-refractivity contribution in [2.45, 2.75) is 19.6 Å². The second-order valence-corrected chi connectivity index (χ2v) is 5.21. The van der Waals surface area contributed by atoms with Crippen molar-refractivity contribution in [2.24, 2.45) is 0 Å². The van der Waals surface area contributed by atoms with Gasteiger partial charge in [0, 0.05) is 39.3 Å². The maximum atomic E-state index is 12.3. The van der Waals surface area contributed by atoms with Crippen LogP contribution in [0.25, 0.3) is 0 Å². The normalized spacial score (nSPS) is 17.9. The van der Waals surface area contributed by atoms with E-state index in [-0.39, 0.29) is 0 Å². The topological polar surface area (TPSA) is 31.4 Å². The van der Waals surface area contributed by atoms with E-state index in [9.17, 15) is 13.2 Å². The Hall–Kier alpha value is -1.34. The summed E-state index contributed by atoms with van der Waals surface area (Å²) in [6.45, 7) is 4.88. The minimum atomic E-state index is -4.11. The molecule has 1 N–H and O–H groups in total. The Balaban J connectivity index is 1.82. The van der Waals surface area contributed by atoms with Gasteiger partial charge in [0.25, 0.3) is 0 Å². The van der Waals surface area contributed by atoms with Crippen molar-refractivity contribution in [1.29, 1.82) is 0 Å². The lowest BCUT2D eigenvalue weighted by atomic mass is 10.2. The summed E-state index contributed by atoms with van der Waals surface area (Å²) in [6.07, 6.45) is -4.11. The van der Waals surface area contributed by atoms with Crippen LogP contribution < -0.4 is 5.32 Å².